The molecule has 3 aromatic rings. The van der Waals surface area contributed by atoms with Crippen molar-refractivity contribution < 1.29 is 9.21 Å². The van der Waals surface area contributed by atoms with Crippen LogP contribution in [0, 0.1) is 6.92 Å². The Labute approximate surface area is 167 Å². The number of furan rings is 1. The minimum Gasteiger partial charge on any atom is -0.462 e. The monoisotopic (exact) mass is 400 g/mol. The Balaban J connectivity index is 1.74. The number of amides is 1. The summed E-state index contributed by atoms with van der Waals surface area (Å²) in [4.78, 5) is 17.2. The number of carbonyl (C=O) groups excluding carboxylic acids is 1. The summed E-state index contributed by atoms with van der Waals surface area (Å²) in [6, 6.07) is 3.58. The Hall–Kier alpha value is -2.78. The third kappa shape index (κ3) is 4.37. The molecule has 3 heterocycles. The van der Waals surface area contributed by atoms with Crippen LogP contribution in [0.4, 0.5) is 5.13 Å². The number of nitrogens with zero attached hydrogens (tertiary/aromatic N) is 4. The van der Waals surface area contributed by atoms with Gasteiger partial charge in [0.25, 0.3) is 5.91 Å². The lowest BCUT2D eigenvalue weighted by Crippen LogP contribution is -2.12. The molecule has 0 bridgehead atoms. The zero-order chi connectivity index (χ0) is 20.1. The van der Waals surface area contributed by atoms with Crippen LogP contribution in [0.2, 0.25) is 0 Å². The van der Waals surface area contributed by atoms with Crippen molar-refractivity contribution in [1.82, 2.24) is 19.7 Å². The minimum absolute atomic E-state index is 0.240. The number of hydrogen-bond acceptors (Lipinski definition) is 7. The number of aromatic nitrogens is 4. The predicted octanol–water partition coefficient (Wildman–Crippen LogP) is 3.26. The molecule has 0 saturated heterocycles. The second-order valence-corrected chi connectivity index (χ2v) is 7.29. The van der Waals surface area contributed by atoms with E-state index in [1.54, 1.807) is 31.4 Å². The Morgan fingerprint density at radius 2 is 2.25 bits per heavy atom. The second kappa shape index (κ2) is 8.94. The standard InChI is InChI=1S/C19H24N6O2S/c1-4-16-21-14(13(3)25(16)9-6-8-20)11-12(2)17(26)22-19-24-23-18(28-19)15-7-5-10-27-15/h5,7,10-11H,4,6,8-9,20H2,1-3H3,(H,22,24,26)/b12-11+. The average molecular weight is 401 g/mol. The fraction of sp³-hybridized carbons (Fsp3) is 0.368. The number of nitrogens with two attached hydrogens (primary N) is 1. The molecule has 0 spiro atoms. The zero-order valence-electron chi connectivity index (χ0n) is 16.2. The molecule has 28 heavy (non-hydrogen) atoms. The van der Waals surface area contributed by atoms with E-state index in [4.69, 9.17) is 10.2 Å². The fourth-order valence-corrected chi connectivity index (χ4v) is 3.51. The summed E-state index contributed by atoms with van der Waals surface area (Å²) in [5, 5.41) is 11.9. The maximum Gasteiger partial charge on any atom is 0.253 e. The summed E-state index contributed by atoms with van der Waals surface area (Å²) in [6.07, 6.45) is 5.09. The van der Waals surface area contributed by atoms with Crippen LogP contribution in [0.15, 0.2) is 28.4 Å². The van der Waals surface area contributed by atoms with E-state index in [0.717, 1.165) is 36.6 Å². The van der Waals surface area contributed by atoms with Gasteiger partial charge in [0.1, 0.15) is 5.82 Å². The van der Waals surface area contributed by atoms with E-state index in [-0.39, 0.29) is 5.91 Å². The van der Waals surface area contributed by atoms with Crippen LogP contribution in [-0.2, 0) is 17.8 Å². The molecule has 0 radical (unpaired) electrons. The number of rotatable bonds is 8. The molecule has 1 amide bonds. The van der Waals surface area contributed by atoms with Crippen molar-refractivity contribution in [2.24, 2.45) is 5.73 Å². The van der Waals surface area contributed by atoms with Crippen molar-refractivity contribution in [3.05, 3.63) is 41.2 Å². The van der Waals surface area contributed by atoms with Crippen molar-refractivity contribution in [3.63, 3.8) is 0 Å². The predicted molar refractivity (Wildman–Crippen MR) is 110 cm³/mol. The molecule has 0 aliphatic heterocycles. The van der Waals surface area contributed by atoms with Crippen molar-refractivity contribution >= 4 is 28.5 Å². The van der Waals surface area contributed by atoms with Gasteiger partial charge in [-0.05, 0) is 45.0 Å². The molecular weight excluding hydrogens is 376 g/mol. The molecule has 0 saturated carbocycles. The number of imidazole rings is 1. The largest absolute Gasteiger partial charge is 0.462 e. The van der Waals surface area contributed by atoms with Gasteiger partial charge in [-0.3, -0.25) is 10.1 Å². The van der Waals surface area contributed by atoms with Gasteiger partial charge in [-0.2, -0.15) is 0 Å². The van der Waals surface area contributed by atoms with Gasteiger partial charge >= 0.3 is 0 Å². The molecule has 9 heteroatoms. The fourth-order valence-electron chi connectivity index (χ4n) is 2.80. The lowest BCUT2D eigenvalue weighted by Gasteiger charge is -2.07. The minimum atomic E-state index is -0.240. The van der Waals surface area contributed by atoms with E-state index in [0.29, 0.717) is 28.0 Å². The SMILES string of the molecule is CCc1nc(/C=C(\C)C(=O)Nc2nnc(-c3ccco3)s2)c(C)n1CCCN. The first-order chi connectivity index (χ1) is 13.5. The van der Waals surface area contributed by atoms with Crippen LogP contribution in [0.3, 0.4) is 0 Å². The highest BCUT2D eigenvalue weighted by Crippen LogP contribution is 2.26. The summed E-state index contributed by atoms with van der Waals surface area (Å²) < 4.78 is 7.47. The Bertz CT molecular complexity index is 971. The van der Waals surface area contributed by atoms with Crippen molar-refractivity contribution in [2.75, 3.05) is 11.9 Å². The van der Waals surface area contributed by atoms with Gasteiger partial charge in [0.05, 0.1) is 12.0 Å². The maximum absolute atomic E-state index is 12.5. The van der Waals surface area contributed by atoms with Gasteiger partial charge in [0, 0.05) is 24.2 Å². The van der Waals surface area contributed by atoms with Gasteiger partial charge in [-0.25, -0.2) is 4.98 Å². The normalized spacial score (nSPS) is 11.8. The molecule has 3 rings (SSSR count). The molecule has 3 aromatic heterocycles. The van der Waals surface area contributed by atoms with Gasteiger partial charge < -0.3 is 14.7 Å². The molecule has 3 N–H and O–H groups in total. The number of hydrogen-bond donors (Lipinski definition) is 2. The lowest BCUT2D eigenvalue weighted by molar-refractivity contribution is -0.112. The number of nitrogens with one attached hydrogen (secondary N) is 1. The van der Waals surface area contributed by atoms with E-state index in [9.17, 15) is 4.79 Å². The number of anilines is 1. The van der Waals surface area contributed by atoms with Crippen LogP contribution in [0.1, 0.15) is 37.5 Å². The van der Waals surface area contributed by atoms with Crippen LogP contribution in [-0.4, -0.2) is 32.2 Å². The summed E-state index contributed by atoms with van der Waals surface area (Å²) in [6.45, 7) is 7.31. The Morgan fingerprint density at radius 3 is 2.93 bits per heavy atom. The van der Waals surface area contributed by atoms with E-state index >= 15 is 0 Å². The Kier molecular flexibility index (Phi) is 6.37. The topological polar surface area (TPSA) is 112 Å². The quantitative estimate of drug-likeness (QED) is 0.561. The van der Waals surface area contributed by atoms with Crippen molar-refractivity contribution in [1.29, 1.82) is 0 Å². The van der Waals surface area contributed by atoms with E-state index in [1.807, 2.05) is 6.92 Å². The van der Waals surface area contributed by atoms with E-state index < -0.39 is 0 Å². The number of carbonyl (C=O) groups is 1. The lowest BCUT2D eigenvalue weighted by atomic mass is 10.2. The summed E-state index contributed by atoms with van der Waals surface area (Å²) in [7, 11) is 0. The van der Waals surface area contributed by atoms with Crippen LogP contribution in [0.25, 0.3) is 16.8 Å². The molecule has 148 valence electrons. The molecular formula is C19H24N6O2S. The van der Waals surface area contributed by atoms with Gasteiger partial charge in [-0.15, -0.1) is 10.2 Å². The molecule has 0 fully saturated rings. The van der Waals surface area contributed by atoms with E-state index in [2.05, 4.69) is 32.0 Å². The Morgan fingerprint density at radius 1 is 1.43 bits per heavy atom. The highest BCUT2D eigenvalue weighted by atomic mass is 32.1. The molecule has 0 aromatic carbocycles. The molecule has 0 atom stereocenters. The van der Waals surface area contributed by atoms with Gasteiger partial charge in [0.2, 0.25) is 5.13 Å². The summed E-state index contributed by atoms with van der Waals surface area (Å²) in [5.74, 6) is 1.38. The second-order valence-electron chi connectivity index (χ2n) is 6.32. The molecule has 0 aliphatic rings. The van der Waals surface area contributed by atoms with Crippen LogP contribution < -0.4 is 11.1 Å². The summed E-state index contributed by atoms with van der Waals surface area (Å²) in [5.41, 5.74) is 8.02. The average Bonchev–Trinajstić information content (AvgIpc) is 3.41. The van der Waals surface area contributed by atoms with Gasteiger partial charge in [0.15, 0.2) is 10.8 Å². The van der Waals surface area contributed by atoms with Gasteiger partial charge in [-0.1, -0.05) is 18.3 Å². The third-order valence-corrected chi connectivity index (χ3v) is 5.18. The smallest absolute Gasteiger partial charge is 0.253 e. The molecule has 0 aliphatic carbocycles. The van der Waals surface area contributed by atoms with Crippen molar-refractivity contribution in [3.8, 4) is 10.8 Å². The first kappa shape index (κ1) is 20.0. The van der Waals surface area contributed by atoms with Crippen LogP contribution in [0.5, 0.6) is 0 Å². The molecule has 8 nitrogen and oxygen atoms in total. The van der Waals surface area contributed by atoms with Crippen molar-refractivity contribution in [2.45, 2.75) is 40.2 Å². The van der Waals surface area contributed by atoms with Crippen LogP contribution >= 0.6 is 11.3 Å². The number of aryl methyl sites for hydroxylation is 1. The summed E-state index contributed by atoms with van der Waals surface area (Å²) >= 11 is 1.26. The first-order valence-corrected chi connectivity index (χ1v) is 9.98. The first-order valence-electron chi connectivity index (χ1n) is 9.16. The highest BCUT2D eigenvalue weighted by molar-refractivity contribution is 7.18. The molecule has 0 unspecified atom stereocenters. The zero-order valence-corrected chi connectivity index (χ0v) is 17.0. The highest BCUT2D eigenvalue weighted by Gasteiger charge is 2.15. The third-order valence-electron chi connectivity index (χ3n) is 4.33. The maximum atomic E-state index is 12.5. The van der Waals surface area contributed by atoms with E-state index in [1.165, 1.54) is 11.3 Å².